The van der Waals surface area contributed by atoms with Crippen LogP contribution in [0.15, 0.2) is 36.7 Å². The Balaban J connectivity index is 1.42. The molecule has 0 aliphatic carbocycles. The van der Waals surface area contributed by atoms with Crippen LogP contribution in [-0.4, -0.2) is 64.9 Å². The van der Waals surface area contributed by atoms with Gasteiger partial charge in [0.1, 0.15) is 11.5 Å². The molecule has 0 N–H and O–H groups in total. The molecule has 136 valence electrons. The molecule has 1 saturated heterocycles. The van der Waals surface area contributed by atoms with Crippen LogP contribution in [0, 0.1) is 0 Å². The molecule has 4 rings (SSSR count). The Labute approximate surface area is 154 Å². The first kappa shape index (κ1) is 17.0. The molecule has 0 spiro atoms. The number of carbonyl (C=O) groups excluding carboxylic acids is 1. The number of rotatable bonds is 3. The van der Waals surface area contributed by atoms with E-state index in [1.165, 1.54) is 11.1 Å². The first-order chi connectivity index (χ1) is 12.7. The fourth-order valence-corrected chi connectivity index (χ4v) is 3.72. The highest BCUT2D eigenvalue weighted by Gasteiger charge is 2.23. The molecule has 1 fully saturated rings. The Hall–Kier alpha value is -2.47. The second-order valence-electron chi connectivity index (χ2n) is 6.93. The molecular weight excluding hydrogens is 326 g/mol. The van der Waals surface area contributed by atoms with E-state index >= 15 is 0 Å². The molecule has 6 heteroatoms. The van der Waals surface area contributed by atoms with Gasteiger partial charge in [-0.05, 0) is 24.1 Å². The van der Waals surface area contributed by atoms with Gasteiger partial charge < -0.3 is 14.7 Å². The van der Waals surface area contributed by atoms with Crippen molar-refractivity contribution in [3.8, 4) is 0 Å². The van der Waals surface area contributed by atoms with Gasteiger partial charge in [0.25, 0.3) is 5.91 Å². The standard InChI is InChI=1S/C20H25N5O/c1-2-23-9-11-24(12-10-23)19-14-21-18(13-22-19)20(26)25-8-7-16-5-3-4-6-17(16)15-25/h3-6,13-14H,2,7-12,15H2,1H3. The molecule has 6 nitrogen and oxygen atoms in total. The molecule has 0 atom stereocenters. The maximum atomic E-state index is 12.8. The average molecular weight is 351 g/mol. The summed E-state index contributed by atoms with van der Waals surface area (Å²) in [6, 6.07) is 8.32. The number of benzene rings is 1. The van der Waals surface area contributed by atoms with Gasteiger partial charge in [0.15, 0.2) is 0 Å². The largest absolute Gasteiger partial charge is 0.353 e. The lowest BCUT2D eigenvalue weighted by atomic mass is 10.00. The first-order valence-corrected chi connectivity index (χ1v) is 9.40. The average Bonchev–Trinajstić information content (AvgIpc) is 2.73. The highest BCUT2D eigenvalue weighted by Crippen LogP contribution is 2.20. The molecule has 2 aliphatic heterocycles. The smallest absolute Gasteiger partial charge is 0.274 e. The number of hydrogen-bond acceptors (Lipinski definition) is 5. The topological polar surface area (TPSA) is 52.6 Å². The Morgan fingerprint density at radius 2 is 1.77 bits per heavy atom. The minimum Gasteiger partial charge on any atom is -0.353 e. The van der Waals surface area contributed by atoms with Crippen LogP contribution in [0.3, 0.4) is 0 Å². The monoisotopic (exact) mass is 351 g/mol. The highest BCUT2D eigenvalue weighted by molar-refractivity contribution is 5.92. The van der Waals surface area contributed by atoms with Crippen LogP contribution in [0.1, 0.15) is 28.5 Å². The lowest BCUT2D eigenvalue weighted by Gasteiger charge is -2.34. The summed E-state index contributed by atoms with van der Waals surface area (Å²) in [7, 11) is 0. The van der Waals surface area contributed by atoms with Crippen molar-refractivity contribution in [1.82, 2.24) is 19.8 Å². The van der Waals surface area contributed by atoms with Crippen molar-refractivity contribution in [3.63, 3.8) is 0 Å². The van der Waals surface area contributed by atoms with E-state index < -0.39 is 0 Å². The molecular formula is C20H25N5O. The van der Waals surface area contributed by atoms with Gasteiger partial charge in [-0.3, -0.25) is 4.79 Å². The second kappa shape index (κ2) is 7.41. The van der Waals surface area contributed by atoms with E-state index in [1.807, 2.05) is 11.0 Å². The number of likely N-dealkylation sites (N-methyl/N-ethyl adjacent to an activating group) is 1. The van der Waals surface area contributed by atoms with Crippen LogP contribution in [0.4, 0.5) is 5.82 Å². The van der Waals surface area contributed by atoms with E-state index in [4.69, 9.17) is 0 Å². The summed E-state index contributed by atoms with van der Waals surface area (Å²) >= 11 is 0. The van der Waals surface area contributed by atoms with Crippen molar-refractivity contribution in [2.45, 2.75) is 19.9 Å². The molecule has 0 radical (unpaired) electrons. The van der Waals surface area contributed by atoms with Crippen molar-refractivity contribution >= 4 is 11.7 Å². The van der Waals surface area contributed by atoms with E-state index in [9.17, 15) is 4.79 Å². The van der Waals surface area contributed by atoms with Gasteiger partial charge in [0.2, 0.25) is 0 Å². The first-order valence-electron chi connectivity index (χ1n) is 9.40. The van der Waals surface area contributed by atoms with Gasteiger partial charge >= 0.3 is 0 Å². The van der Waals surface area contributed by atoms with Crippen molar-refractivity contribution in [2.24, 2.45) is 0 Å². The van der Waals surface area contributed by atoms with Crippen molar-refractivity contribution in [1.29, 1.82) is 0 Å². The fourth-order valence-electron chi connectivity index (χ4n) is 3.72. The van der Waals surface area contributed by atoms with Gasteiger partial charge in [-0.1, -0.05) is 31.2 Å². The number of piperazine rings is 1. The number of carbonyl (C=O) groups is 1. The number of fused-ring (bicyclic) bond motifs is 1. The minimum absolute atomic E-state index is 0.0330. The van der Waals surface area contributed by atoms with Gasteiger partial charge in [-0.2, -0.15) is 0 Å². The third-order valence-electron chi connectivity index (χ3n) is 5.42. The summed E-state index contributed by atoms with van der Waals surface area (Å²) in [6.07, 6.45) is 4.27. The summed E-state index contributed by atoms with van der Waals surface area (Å²) in [6.45, 7) is 8.67. The van der Waals surface area contributed by atoms with E-state index in [2.05, 4.69) is 44.9 Å². The molecule has 0 unspecified atom stereocenters. The van der Waals surface area contributed by atoms with Crippen LogP contribution in [0.25, 0.3) is 0 Å². The summed E-state index contributed by atoms with van der Waals surface area (Å²) in [5.74, 6) is 0.829. The minimum atomic E-state index is -0.0330. The zero-order chi connectivity index (χ0) is 17.9. The predicted octanol–water partition coefficient (Wildman–Crippen LogP) is 1.82. The lowest BCUT2D eigenvalue weighted by molar-refractivity contribution is 0.0728. The van der Waals surface area contributed by atoms with Crippen molar-refractivity contribution < 1.29 is 4.79 Å². The Kier molecular flexibility index (Phi) is 4.84. The molecule has 0 saturated carbocycles. The molecule has 26 heavy (non-hydrogen) atoms. The zero-order valence-electron chi connectivity index (χ0n) is 15.3. The Morgan fingerprint density at radius 3 is 2.46 bits per heavy atom. The number of amides is 1. The summed E-state index contributed by atoms with van der Waals surface area (Å²) in [5.41, 5.74) is 3.00. The van der Waals surface area contributed by atoms with Gasteiger partial charge in [0, 0.05) is 39.3 Å². The van der Waals surface area contributed by atoms with Crippen molar-refractivity contribution in [3.05, 3.63) is 53.5 Å². The van der Waals surface area contributed by atoms with Crippen LogP contribution in [0.2, 0.25) is 0 Å². The molecule has 0 bridgehead atoms. The predicted molar refractivity (Wildman–Crippen MR) is 101 cm³/mol. The molecule has 2 aliphatic rings. The van der Waals surface area contributed by atoms with E-state index in [1.54, 1.807) is 12.4 Å². The van der Waals surface area contributed by atoms with Gasteiger partial charge in [-0.15, -0.1) is 0 Å². The zero-order valence-corrected chi connectivity index (χ0v) is 15.3. The maximum absolute atomic E-state index is 12.8. The van der Waals surface area contributed by atoms with Crippen LogP contribution in [-0.2, 0) is 13.0 Å². The third-order valence-corrected chi connectivity index (χ3v) is 5.42. The molecule has 1 aromatic carbocycles. The third kappa shape index (κ3) is 3.42. The quantitative estimate of drug-likeness (QED) is 0.844. The van der Waals surface area contributed by atoms with Gasteiger partial charge in [0.05, 0.1) is 12.4 Å². The van der Waals surface area contributed by atoms with Gasteiger partial charge in [-0.25, -0.2) is 9.97 Å². The molecule has 1 aromatic heterocycles. The van der Waals surface area contributed by atoms with Crippen molar-refractivity contribution in [2.75, 3.05) is 44.2 Å². The van der Waals surface area contributed by atoms with E-state index in [0.29, 0.717) is 12.2 Å². The normalized spacial score (nSPS) is 17.9. The van der Waals surface area contributed by atoms with E-state index in [-0.39, 0.29) is 5.91 Å². The number of aromatic nitrogens is 2. The Morgan fingerprint density at radius 1 is 1.00 bits per heavy atom. The SMILES string of the molecule is CCN1CCN(c2cnc(C(=O)N3CCc4ccccc4C3)cn2)CC1. The Bertz CT molecular complexity index is 768. The number of nitrogens with zero attached hydrogens (tertiary/aromatic N) is 5. The lowest BCUT2D eigenvalue weighted by Crippen LogP contribution is -2.46. The molecule has 1 amide bonds. The van der Waals surface area contributed by atoms with Crippen LogP contribution in [0.5, 0.6) is 0 Å². The number of anilines is 1. The highest BCUT2D eigenvalue weighted by atomic mass is 16.2. The van der Waals surface area contributed by atoms with Crippen LogP contribution >= 0.6 is 0 Å². The van der Waals surface area contributed by atoms with E-state index in [0.717, 1.165) is 51.5 Å². The molecule has 2 aromatic rings. The summed E-state index contributed by atoms with van der Waals surface area (Å²) < 4.78 is 0. The number of hydrogen-bond donors (Lipinski definition) is 0. The summed E-state index contributed by atoms with van der Waals surface area (Å²) in [5, 5.41) is 0. The van der Waals surface area contributed by atoms with Crippen LogP contribution < -0.4 is 4.90 Å². The summed E-state index contributed by atoms with van der Waals surface area (Å²) in [4.78, 5) is 28.2. The fraction of sp³-hybridized carbons (Fsp3) is 0.450. The molecule has 3 heterocycles. The second-order valence-corrected chi connectivity index (χ2v) is 6.93. The maximum Gasteiger partial charge on any atom is 0.274 e.